The average Bonchev–Trinajstić information content (AvgIpc) is 3.16. The lowest BCUT2D eigenvalue weighted by Gasteiger charge is -2.49. The molecule has 0 bridgehead atoms. The Morgan fingerprint density at radius 3 is 2.62 bits per heavy atom. The van der Waals surface area contributed by atoms with Gasteiger partial charge in [0.2, 0.25) is 0 Å². The minimum atomic E-state index is 0.0457. The number of nitrogens with zero attached hydrogens (tertiary/aromatic N) is 6. The zero-order valence-electron chi connectivity index (χ0n) is 15.6. The number of tetrazole rings is 1. The summed E-state index contributed by atoms with van der Waals surface area (Å²) in [6, 6.07) is 3.61. The molecule has 140 valence electrons. The molecule has 0 aromatic carbocycles. The van der Waals surface area contributed by atoms with Crippen LogP contribution in [0, 0.1) is 0 Å². The van der Waals surface area contributed by atoms with Crippen molar-refractivity contribution in [1.82, 2.24) is 29.8 Å². The van der Waals surface area contributed by atoms with Gasteiger partial charge in [-0.05, 0) is 61.3 Å². The monoisotopic (exact) mass is 356 g/mol. The molecule has 7 heteroatoms. The molecule has 2 aromatic rings. The number of piperidine rings is 1. The smallest absolute Gasteiger partial charge is 0.255 e. The summed E-state index contributed by atoms with van der Waals surface area (Å²) in [6.07, 6.45) is 11.9. The predicted octanol–water partition coefficient (Wildman–Crippen LogP) is 2.39. The summed E-state index contributed by atoms with van der Waals surface area (Å²) in [5.41, 5.74) is 1.44. The highest BCUT2D eigenvalue weighted by atomic mass is 16.2. The van der Waals surface area contributed by atoms with E-state index in [0.717, 1.165) is 6.54 Å². The number of hydrogen-bond donors (Lipinski definition) is 0. The third kappa shape index (κ3) is 3.32. The number of likely N-dealkylation sites (N-methyl/N-ethyl adjacent to an activating group) is 1. The van der Waals surface area contributed by atoms with E-state index in [9.17, 15) is 4.79 Å². The second-order valence-corrected chi connectivity index (χ2v) is 7.89. The molecular formula is C19H28N6O. The van der Waals surface area contributed by atoms with Gasteiger partial charge in [0.05, 0.1) is 5.56 Å². The molecule has 1 amide bonds. The molecule has 7 nitrogen and oxygen atoms in total. The number of likely N-dealkylation sites (tertiary alicyclic amines) is 1. The first kappa shape index (κ1) is 17.4. The summed E-state index contributed by atoms with van der Waals surface area (Å²) >= 11 is 0. The summed E-state index contributed by atoms with van der Waals surface area (Å²) in [7, 11) is 1.94. The van der Waals surface area contributed by atoms with Gasteiger partial charge in [0.25, 0.3) is 5.91 Å². The first-order valence-electron chi connectivity index (χ1n) is 9.86. The highest BCUT2D eigenvalue weighted by Crippen LogP contribution is 2.36. The van der Waals surface area contributed by atoms with E-state index in [4.69, 9.17) is 0 Å². The van der Waals surface area contributed by atoms with E-state index in [1.807, 2.05) is 18.0 Å². The lowest BCUT2D eigenvalue weighted by Crippen LogP contribution is -2.58. The third-order valence-electron chi connectivity index (χ3n) is 6.13. The zero-order valence-corrected chi connectivity index (χ0v) is 15.6. The Kier molecular flexibility index (Phi) is 4.89. The number of rotatable bonds is 4. The Labute approximate surface area is 154 Å². The molecule has 0 N–H and O–H groups in total. The molecule has 0 atom stereocenters. The minimum absolute atomic E-state index is 0.0457. The lowest BCUT2D eigenvalue weighted by atomic mass is 9.78. The largest absolute Gasteiger partial charge is 0.340 e. The van der Waals surface area contributed by atoms with Crippen LogP contribution in [0.5, 0.6) is 0 Å². The molecular weight excluding hydrogens is 328 g/mol. The normalized spacial score (nSPS) is 21.0. The number of hydrogen-bond acceptors (Lipinski definition) is 5. The summed E-state index contributed by atoms with van der Waals surface area (Å²) < 4.78 is 1.56. The summed E-state index contributed by atoms with van der Waals surface area (Å²) in [5, 5.41) is 11.4. The Morgan fingerprint density at radius 2 is 1.85 bits per heavy atom. The van der Waals surface area contributed by atoms with Gasteiger partial charge in [-0.25, -0.2) is 0 Å². The van der Waals surface area contributed by atoms with E-state index in [1.165, 1.54) is 64.5 Å². The Hall–Kier alpha value is -2.02. The average molecular weight is 356 g/mol. The standard InChI is InChI=1S/C19H28N6O/c1-23(18(26)16-8-9-17-20-21-22-25(17)14-16)15-19(10-4-2-5-11-19)24-12-6-3-7-13-24/h8-9,14H,2-7,10-13,15H2,1H3. The zero-order chi connectivity index (χ0) is 18.0. The molecule has 3 heterocycles. The Balaban J connectivity index is 1.53. The first-order valence-corrected chi connectivity index (χ1v) is 9.86. The van der Waals surface area contributed by atoms with Crippen molar-refractivity contribution < 1.29 is 4.79 Å². The number of carbonyl (C=O) groups excluding carboxylic acids is 1. The number of fused-ring (bicyclic) bond motifs is 1. The van der Waals surface area contributed by atoms with E-state index in [2.05, 4.69) is 20.4 Å². The quantitative estimate of drug-likeness (QED) is 0.841. The van der Waals surface area contributed by atoms with Crippen molar-refractivity contribution in [1.29, 1.82) is 0 Å². The van der Waals surface area contributed by atoms with Crippen molar-refractivity contribution in [2.75, 3.05) is 26.7 Å². The van der Waals surface area contributed by atoms with Crippen molar-refractivity contribution in [3.8, 4) is 0 Å². The van der Waals surface area contributed by atoms with Gasteiger partial charge < -0.3 is 4.90 Å². The molecule has 1 aliphatic heterocycles. The van der Waals surface area contributed by atoms with Crippen molar-refractivity contribution in [2.45, 2.75) is 56.9 Å². The number of pyridine rings is 1. The SMILES string of the molecule is CN(CC1(N2CCCCC2)CCCCC1)C(=O)c1ccc2nnnn2c1. The van der Waals surface area contributed by atoms with Gasteiger partial charge >= 0.3 is 0 Å². The molecule has 2 aliphatic rings. The fourth-order valence-electron chi connectivity index (χ4n) is 4.75. The van der Waals surface area contributed by atoms with E-state index in [-0.39, 0.29) is 11.4 Å². The molecule has 1 saturated carbocycles. The van der Waals surface area contributed by atoms with E-state index >= 15 is 0 Å². The third-order valence-corrected chi connectivity index (χ3v) is 6.13. The number of aromatic nitrogens is 4. The van der Waals surface area contributed by atoms with Crippen LogP contribution in [0.2, 0.25) is 0 Å². The molecule has 0 spiro atoms. The maximum atomic E-state index is 13.0. The summed E-state index contributed by atoms with van der Waals surface area (Å²) in [5.74, 6) is 0.0457. The molecule has 2 aromatic heterocycles. The van der Waals surface area contributed by atoms with Crippen molar-refractivity contribution in [3.63, 3.8) is 0 Å². The van der Waals surface area contributed by atoms with Gasteiger partial charge in [-0.15, -0.1) is 5.10 Å². The lowest BCUT2D eigenvalue weighted by molar-refractivity contribution is 0.00988. The fraction of sp³-hybridized carbons (Fsp3) is 0.684. The van der Waals surface area contributed by atoms with Crippen LogP contribution in [0.25, 0.3) is 5.65 Å². The van der Waals surface area contributed by atoms with Crippen LogP contribution in [-0.4, -0.2) is 68.0 Å². The predicted molar refractivity (Wildman–Crippen MR) is 99.0 cm³/mol. The van der Waals surface area contributed by atoms with Crippen molar-refractivity contribution in [3.05, 3.63) is 23.9 Å². The minimum Gasteiger partial charge on any atom is -0.340 e. The topological polar surface area (TPSA) is 66.6 Å². The Morgan fingerprint density at radius 1 is 1.12 bits per heavy atom. The van der Waals surface area contributed by atoms with Gasteiger partial charge in [-0.2, -0.15) is 4.52 Å². The highest BCUT2D eigenvalue weighted by Gasteiger charge is 2.40. The maximum Gasteiger partial charge on any atom is 0.255 e. The van der Waals surface area contributed by atoms with Gasteiger partial charge in [0, 0.05) is 25.3 Å². The van der Waals surface area contributed by atoms with Crippen LogP contribution in [0.15, 0.2) is 18.3 Å². The number of amides is 1. The molecule has 4 rings (SSSR count). The summed E-state index contributed by atoms with van der Waals surface area (Å²) in [4.78, 5) is 17.6. The fourth-order valence-corrected chi connectivity index (χ4v) is 4.75. The Bertz CT molecular complexity index is 760. The van der Waals surface area contributed by atoms with Crippen LogP contribution in [-0.2, 0) is 0 Å². The second kappa shape index (κ2) is 7.31. The second-order valence-electron chi connectivity index (χ2n) is 7.89. The van der Waals surface area contributed by atoms with Gasteiger partial charge in [-0.1, -0.05) is 25.7 Å². The van der Waals surface area contributed by atoms with Crippen LogP contribution in [0.4, 0.5) is 0 Å². The van der Waals surface area contributed by atoms with E-state index in [1.54, 1.807) is 16.8 Å². The van der Waals surface area contributed by atoms with Crippen molar-refractivity contribution >= 4 is 11.6 Å². The molecule has 0 radical (unpaired) electrons. The van der Waals surface area contributed by atoms with Crippen molar-refractivity contribution in [2.24, 2.45) is 0 Å². The van der Waals surface area contributed by atoms with Gasteiger partial charge in [0.1, 0.15) is 0 Å². The van der Waals surface area contributed by atoms with Crippen LogP contribution < -0.4 is 0 Å². The van der Waals surface area contributed by atoms with Gasteiger partial charge in [0.15, 0.2) is 5.65 Å². The van der Waals surface area contributed by atoms with E-state index in [0.29, 0.717) is 11.2 Å². The van der Waals surface area contributed by atoms with Crippen LogP contribution in [0.1, 0.15) is 61.7 Å². The van der Waals surface area contributed by atoms with Gasteiger partial charge in [-0.3, -0.25) is 9.69 Å². The molecule has 1 aliphatic carbocycles. The highest BCUT2D eigenvalue weighted by molar-refractivity contribution is 5.94. The maximum absolute atomic E-state index is 13.0. The molecule has 1 saturated heterocycles. The molecule has 0 unspecified atom stereocenters. The first-order chi connectivity index (χ1) is 12.7. The van der Waals surface area contributed by atoms with Crippen LogP contribution in [0.3, 0.4) is 0 Å². The molecule has 2 fully saturated rings. The summed E-state index contributed by atoms with van der Waals surface area (Å²) in [6.45, 7) is 3.16. The van der Waals surface area contributed by atoms with E-state index < -0.39 is 0 Å². The molecule has 26 heavy (non-hydrogen) atoms. The van der Waals surface area contributed by atoms with Crippen LogP contribution >= 0.6 is 0 Å². The number of carbonyl (C=O) groups is 1.